The van der Waals surface area contributed by atoms with E-state index in [4.69, 9.17) is 0 Å². The molecule has 1 aromatic heterocycles. The van der Waals surface area contributed by atoms with Crippen LogP contribution in [0.5, 0.6) is 0 Å². The van der Waals surface area contributed by atoms with Crippen LogP contribution in [-0.4, -0.2) is 34.3 Å². The molecule has 0 radical (unpaired) electrons. The summed E-state index contributed by atoms with van der Waals surface area (Å²) in [6, 6.07) is 7.86. The van der Waals surface area contributed by atoms with Crippen molar-refractivity contribution in [1.29, 1.82) is 0 Å². The lowest BCUT2D eigenvalue weighted by Gasteiger charge is -2.19. The maximum absolute atomic E-state index is 12.4. The van der Waals surface area contributed by atoms with Crippen molar-refractivity contribution < 1.29 is 4.79 Å². The lowest BCUT2D eigenvalue weighted by Crippen LogP contribution is -2.33. The number of amides is 2. The summed E-state index contributed by atoms with van der Waals surface area (Å²) in [5, 5.41) is 7.55. The van der Waals surface area contributed by atoms with Gasteiger partial charge in [0, 0.05) is 31.5 Å². The van der Waals surface area contributed by atoms with Crippen LogP contribution in [0.25, 0.3) is 0 Å². The zero-order valence-electron chi connectivity index (χ0n) is 15.4. The highest BCUT2D eigenvalue weighted by molar-refractivity contribution is 5.90. The van der Waals surface area contributed by atoms with Crippen LogP contribution in [0.2, 0.25) is 0 Å². The van der Waals surface area contributed by atoms with Gasteiger partial charge in [0.1, 0.15) is 0 Å². The molecule has 2 amide bonds. The molecule has 1 heterocycles. The predicted molar refractivity (Wildman–Crippen MR) is 98.5 cm³/mol. The van der Waals surface area contributed by atoms with Gasteiger partial charge in [-0.2, -0.15) is 5.10 Å². The number of benzene rings is 1. The van der Waals surface area contributed by atoms with Crippen LogP contribution in [0.1, 0.15) is 36.4 Å². The van der Waals surface area contributed by atoms with E-state index in [0.717, 1.165) is 36.3 Å². The molecule has 0 saturated heterocycles. The first kappa shape index (κ1) is 18.0. The number of anilines is 1. The van der Waals surface area contributed by atoms with Crippen LogP contribution >= 0.6 is 0 Å². The minimum Gasteiger partial charge on any atom is -0.327 e. The van der Waals surface area contributed by atoms with Crippen LogP contribution in [-0.2, 0) is 19.4 Å². The normalized spacial score (nSPS) is 10.7. The van der Waals surface area contributed by atoms with Gasteiger partial charge in [-0.1, -0.05) is 25.1 Å². The number of rotatable bonds is 6. The standard InChI is InChI=1S/C19H28N4O/c1-6-16-10-8-9-11-18(16)20-19(24)22(5)13-12-17-14(3)21-23(7-2)15(17)4/h8-11H,6-7,12-13H2,1-5H3,(H,20,24). The van der Waals surface area contributed by atoms with Crippen molar-refractivity contribution in [3.8, 4) is 0 Å². The third kappa shape index (κ3) is 3.96. The van der Waals surface area contributed by atoms with E-state index in [2.05, 4.69) is 31.2 Å². The highest BCUT2D eigenvalue weighted by Crippen LogP contribution is 2.17. The molecule has 1 aromatic carbocycles. The lowest BCUT2D eigenvalue weighted by molar-refractivity contribution is 0.223. The quantitative estimate of drug-likeness (QED) is 0.877. The number of hydrogen-bond donors (Lipinski definition) is 1. The van der Waals surface area contributed by atoms with Crippen LogP contribution in [0.15, 0.2) is 24.3 Å². The largest absolute Gasteiger partial charge is 0.327 e. The lowest BCUT2D eigenvalue weighted by atomic mass is 10.1. The number of aryl methyl sites for hydroxylation is 3. The molecule has 0 saturated carbocycles. The molecule has 2 aromatic rings. The highest BCUT2D eigenvalue weighted by atomic mass is 16.2. The number of urea groups is 1. The predicted octanol–water partition coefficient (Wildman–Crippen LogP) is 3.79. The zero-order valence-corrected chi connectivity index (χ0v) is 15.4. The summed E-state index contributed by atoms with van der Waals surface area (Å²) < 4.78 is 2.02. The van der Waals surface area contributed by atoms with Gasteiger partial charge in [0.2, 0.25) is 0 Å². The smallest absolute Gasteiger partial charge is 0.321 e. The molecule has 0 atom stereocenters. The Bertz CT molecular complexity index is 705. The third-order valence-electron chi connectivity index (χ3n) is 4.51. The molecule has 0 aliphatic heterocycles. The fourth-order valence-electron chi connectivity index (χ4n) is 2.95. The Morgan fingerprint density at radius 1 is 1.25 bits per heavy atom. The van der Waals surface area contributed by atoms with Gasteiger partial charge >= 0.3 is 6.03 Å². The second kappa shape index (κ2) is 7.99. The Morgan fingerprint density at radius 3 is 2.58 bits per heavy atom. The fraction of sp³-hybridized carbons (Fsp3) is 0.474. The summed E-state index contributed by atoms with van der Waals surface area (Å²) in [4.78, 5) is 14.2. The maximum atomic E-state index is 12.4. The van der Waals surface area contributed by atoms with Gasteiger partial charge in [0.15, 0.2) is 0 Å². The molecular weight excluding hydrogens is 300 g/mol. The van der Waals surface area contributed by atoms with Gasteiger partial charge in [-0.15, -0.1) is 0 Å². The summed E-state index contributed by atoms with van der Waals surface area (Å²) in [6.45, 7) is 9.84. The number of hydrogen-bond acceptors (Lipinski definition) is 2. The number of aromatic nitrogens is 2. The van der Waals surface area contributed by atoms with E-state index in [9.17, 15) is 4.79 Å². The van der Waals surface area contributed by atoms with Crippen molar-refractivity contribution >= 4 is 11.7 Å². The highest BCUT2D eigenvalue weighted by Gasteiger charge is 2.14. The molecule has 0 unspecified atom stereocenters. The number of nitrogens with one attached hydrogen (secondary N) is 1. The molecule has 0 aliphatic rings. The molecule has 0 bridgehead atoms. The molecule has 1 N–H and O–H groups in total. The van der Waals surface area contributed by atoms with Crippen LogP contribution in [0.3, 0.4) is 0 Å². The fourth-order valence-corrected chi connectivity index (χ4v) is 2.95. The Labute approximate surface area is 144 Å². The van der Waals surface area contributed by atoms with Crippen molar-refractivity contribution in [2.45, 2.75) is 47.1 Å². The maximum Gasteiger partial charge on any atom is 0.321 e. The van der Waals surface area contributed by atoms with Gasteiger partial charge < -0.3 is 10.2 Å². The Balaban J connectivity index is 1.98. The molecule has 2 rings (SSSR count). The average Bonchev–Trinajstić information content (AvgIpc) is 2.86. The van der Waals surface area contributed by atoms with Crippen molar-refractivity contribution in [3.63, 3.8) is 0 Å². The summed E-state index contributed by atoms with van der Waals surface area (Å²) in [5.74, 6) is 0. The van der Waals surface area contributed by atoms with E-state index in [1.165, 1.54) is 11.3 Å². The molecule has 0 spiro atoms. The first-order valence-electron chi connectivity index (χ1n) is 8.60. The Morgan fingerprint density at radius 2 is 1.96 bits per heavy atom. The second-order valence-corrected chi connectivity index (χ2v) is 6.08. The Kier molecular flexibility index (Phi) is 6.01. The average molecular weight is 328 g/mol. The number of carbonyl (C=O) groups is 1. The molecule has 0 fully saturated rings. The zero-order chi connectivity index (χ0) is 17.7. The van der Waals surface area contributed by atoms with Gasteiger partial charge in [-0.25, -0.2) is 4.79 Å². The van der Waals surface area contributed by atoms with Crippen LogP contribution in [0, 0.1) is 13.8 Å². The SMILES string of the molecule is CCc1ccccc1NC(=O)N(C)CCc1c(C)nn(CC)c1C. The van der Waals surface area contributed by atoms with E-state index in [0.29, 0.717) is 6.54 Å². The minimum absolute atomic E-state index is 0.0749. The van der Waals surface area contributed by atoms with E-state index in [1.807, 2.05) is 42.9 Å². The number of carbonyl (C=O) groups excluding carboxylic acids is 1. The molecule has 24 heavy (non-hydrogen) atoms. The third-order valence-corrected chi connectivity index (χ3v) is 4.51. The van der Waals surface area contributed by atoms with Gasteiger partial charge in [0.05, 0.1) is 5.69 Å². The summed E-state index contributed by atoms with van der Waals surface area (Å²) in [5.41, 5.74) is 5.53. The van der Waals surface area contributed by atoms with E-state index in [-0.39, 0.29) is 6.03 Å². The van der Waals surface area contributed by atoms with Crippen molar-refractivity contribution in [1.82, 2.24) is 14.7 Å². The molecule has 5 nitrogen and oxygen atoms in total. The Hall–Kier alpha value is -2.30. The molecule has 5 heteroatoms. The van der Waals surface area contributed by atoms with E-state index < -0.39 is 0 Å². The number of para-hydroxylation sites is 1. The van der Waals surface area contributed by atoms with E-state index >= 15 is 0 Å². The van der Waals surface area contributed by atoms with Gasteiger partial charge in [-0.3, -0.25) is 4.68 Å². The van der Waals surface area contributed by atoms with Crippen LogP contribution in [0.4, 0.5) is 10.5 Å². The van der Waals surface area contributed by atoms with Gasteiger partial charge in [0.25, 0.3) is 0 Å². The van der Waals surface area contributed by atoms with Crippen molar-refractivity contribution in [2.75, 3.05) is 18.9 Å². The first-order valence-corrected chi connectivity index (χ1v) is 8.60. The van der Waals surface area contributed by atoms with Crippen LogP contribution < -0.4 is 5.32 Å². The number of nitrogens with zero attached hydrogens (tertiary/aromatic N) is 3. The summed E-state index contributed by atoms with van der Waals surface area (Å²) >= 11 is 0. The molecular formula is C19H28N4O. The van der Waals surface area contributed by atoms with Crippen molar-refractivity contribution in [3.05, 3.63) is 46.8 Å². The first-order chi connectivity index (χ1) is 11.5. The van der Waals surface area contributed by atoms with E-state index in [1.54, 1.807) is 4.90 Å². The number of likely N-dealkylation sites (N-methyl/N-ethyl adjacent to an activating group) is 1. The summed E-state index contributed by atoms with van der Waals surface area (Å²) in [7, 11) is 1.83. The monoisotopic (exact) mass is 328 g/mol. The topological polar surface area (TPSA) is 50.2 Å². The van der Waals surface area contributed by atoms with Gasteiger partial charge in [-0.05, 0) is 50.8 Å². The molecule has 130 valence electrons. The minimum atomic E-state index is -0.0749. The molecule has 0 aliphatic carbocycles. The summed E-state index contributed by atoms with van der Waals surface area (Å²) in [6.07, 6.45) is 1.71. The van der Waals surface area contributed by atoms with Crippen molar-refractivity contribution in [2.24, 2.45) is 0 Å². The second-order valence-electron chi connectivity index (χ2n) is 6.08.